The number of carbonyl (C=O) groups excluding carboxylic acids is 1. The van der Waals surface area contributed by atoms with Gasteiger partial charge < -0.3 is 15.3 Å². The SMILES string of the molecule is CC(C(=O)O)N1CCN(C(=O)NCCS(C)=O)CC1. The minimum absolute atomic E-state index is 0.173. The number of piperazine rings is 1. The van der Waals surface area contributed by atoms with Crippen molar-refractivity contribution in [2.24, 2.45) is 0 Å². The monoisotopic (exact) mass is 291 g/mol. The second-order valence-corrected chi connectivity index (χ2v) is 6.10. The Hall–Kier alpha value is -1.15. The molecule has 1 saturated heterocycles. The lowest BCUT2D eigenvalue weighted by molar-refractivity contribution is -0.143. The van der Waals surface area contributed by atoms with Gasteiger partial charge in [-0.05, 0) is 6.92 Å². The van der Waals surface area contributed by atoms with Crippen molar-refractivity contribution in [3.63, 3.8) is 0 Å². The second-order valence-electron chi connectivity index (χ2n) is 4.55. The van der Waals surface area contributed by atoms with Crippen molar-refractivity contribution in [2.75, 3.05) is 44.7 Å². The Labute approximate surface area is 115 Å². The van der Waals surface area contributed by atoms with E-state index in [2.05, 4.69) is 5.32 Å². The van der Waals surface area contributed by atoms with Crippen LogP contribution in [0.1, 0.15) is 6.92 Å². The van der Waals surface area contributed by atoms with Crippen molar-refractivity contribution in [1.29, 1.82) is 0 Å². The molecular weight excluding hydrogens is 270 g/mol. The van der Waals surface area contributed by atoms with E-state index in [0.717, 1.165) is 0 Å². The topological polar surface area (TPSA) is 89.9 Å². The molecule has 2 atom stereocenters. The summed E-state index contributed by atoms with van der Waals surface area (Å²) in [6.07, 6.45) is 1.60. The van der Waals surface area contributed by atoms with Gasteiger partial charge in [-0.3, -0.25) is 13.9 Å². The molecule has 1 rings (SSSR count). The average Bonchev–Trinajstić information content (AvgIpc) is 2.37. The Bertz CT molecular complexity index is 356. The van der Waals surface area contributed by atoms with E-state index in [9.17, 15) is 13.8 Å². The number of rotatable bonds is 5. The van der Waals surface area contributed by atoms with Gasteiger partial charge in [0.2, 0.25) is 0 Å². The summed E-state index contributed by atoms with van der Waals surface area (Å²) in [7, 11) is -0.911. The van der Waals surface area contributed by atoms with Crippen LogP contribution >= 0.6 is 0 Å². The molecule has 2 N–H and O–H groups in total. The van der Waals surface area contributed by atoms with E-state index in [1.54, 1.807) is 18.1 Å². The van der Waals surface area contributed by atoms with Crippen LogP contribution in [0.4, 0.5) is 4.79 Å². The molecular formula is C11H21N3O4S. The summed E-state index contributed by atoms with van der Waals surface area (Å²) in [6, 6.07) is -0.694. The first-order valence-electron chi connectivity index (χ1n) is 6.21. The van der Waals surface area contributed by atoms with Crippen LogP contribution in [0.2, 0.25) is 0 Å². The van der Waals surface area contributed by atoms with Crippen LogP contribution in [-0.4, -0.2) is 81.9 Å². The molecule has 0 bridgehead atoms. The third-order valence-corrected chi connectivity index (χ3v) is 3.95. The van der Waals surface area contributed by atoms with Crippen molar-refractivity contribution < 1.29 is 18.9 Å². The Morgan fingerprint density at radius 2 is 1.89 bits per heavy atom. The van der Waals surface area contributed by atoms with E-state index in [1.165, 1.54) is 0 Å². The number of hydrogen-bond acceptors (Lipinski definition) is 4. The number of aliphatic carboxylic acids is 1. The summed E-state index contributed by atoms with van der Waals surface area (Å²) in [5, 5.41) is 11.6. The summed E-state index contributed by atoms with van der Waals surface area (Å²) >= 11 is 0. The van der Waals surface area contributed by atoms with Crippen LogP contribution < -0.4 is 5.32 Å². The van der Waals surface area contributed by atoms with Crippen LogP contribution in [0.5, 0.6) is 0 Å². The highest BCUT2D eigenvalue weighted by atomic mass is 32.2. The Morgan fingerprint density at radius 1 is 1.32 bits per heavy atom. The zero-order chi connectivity index (χ0) is 14.4. The Kier molecular flexibility index (Phi) is 6.23. The average molecular weight is 291 g/mol. The summed E-state index contributed by atoms with van der Waals surface area (Å²) in [5.74, 6) is -0.398. The number of amides is 2. The number of carbonyl (C=O) groups is 2. The third kappa shape index (κ3) is 5.15. The highest BCUT2D eigenvalue weighted by Crippen LogP contribution is 2.06. The number of nitrogens with one attached hydrogen (secondary N) is 1. The summed E-state index contributed by atoms with van der Waals surface area (Å²) < 4.78 is 10.9. The molecule has 0 aromatic rings. The molecule has 0 aromatic carbocycles. The fourth-order valence-electron chi connectivity index (χ4n) is 1.88. The fraction of sp³-hybridized carbons (Fsp3) is 0.818. The quantitative estimate of drug-likeness (QED) is 0.690. The van der Waals surface area contributed by atoms with E-state index in [-0.39, 0.29) is 6.03 Å². The van der Waals surface area contributed by atoms with Crippen molar-refractivity contribution in [1.82, 2.24) is 15.1 Å². The molecule has 2 amide bonds. The predicted molar refractivity (Wildman–Crippen MR) is 72.6 cm³/mol. The Balaban J connectivity index is 2.31. The van der Waals surface area contributed by atoms with Gasteiger partial charge >= 0.3 is 12.0 Å². The van der Waals surface area contributed by atoms with Gasteiger partial charge in [-0.15, -0.1) is 0 Å². The maximum Gasteiger partial charge on any atom is 0.320 e. The minimum Gasteiger partial charge on any atom is -0.480 e. The molecule has 110 valence electrons. The third-order valence-electron chi connectivity index (χ3n) is 3.17. The largest absolute Gasteiger partial charge is 0.480 e. The van der Waals surface area contributed by atoms with Gasteiger partial charge in [-0.25, -0.2) is 4.79 Å². The molecule has 1 aliphatic rings. The maximum absolute atomic E-state index is 11.8. The van der Waals surface area contributed by atoms with Crippen LogP contribution in [0.25, 0.3) is 0 Å². The van der Waals surface area contributed by atoms with E-state index in [4.69, 9.17) is 5.11 Å². The molecule has 0 aromatic heterocycles. The first kappa shape index (κ1) is 15.9. The molecule has 0 saturated carbocycles. The highest BCUT2D eigenvalue weighted by Gasteiger charge is 2.26. The fourth-order valence-corrected chi connectivity index (χ4v) is 2.27. The molecule has 7 nitrogen and oxygen atoms in total. The number of carboxylic acids is 1. The summed E-state index contributed by atoms with van der Waals surface area (Å²) in [6.45, 7) is 4.18. The zero-order valence-corrected chi connectivity index (χ0v) is 12.1. The van der Waals surface area contributed by atoms with Crippen molar-refractivity contribution in [3.05, 3.63) is 0 Å². The first-order chi connectivity index (χ1) is 8.91. The molecule has 0 radical (unpaired) electrons. The lowest BCUT2D eigenvalue weighted by atomic mass is 10.2. The van der Waals surface area contributed by atoms with Crippen molar-refractivity contribution in [2.45, 2.75) is 13.0 Å². The van der Waals surface area contributed by atoms with Crippen molar-refractivity contribution >= 4 is 22.8 Å². The van der Waals surface area contributed by atoms with Crippen LogP contribution in [0.15, 0.2) is 0 Å². The molecule has 8 heteroatoms. The van der Waals surface area contributed by atoms with Gasteiger partial charge in [0.1, 0.15) is 6.04 Å². The number of hydrogen-bond donors (Lipinski definition) is 2. The molecule has 19 heavy (non-hydrogen) atoms. The first-order valence-corrected chi connectivity index (χ1v) is 7.94. The zero-order valence-electron chi connectivity index (χ0n) is 11.3. The number of carboxylic acid groups (broad SMARTS) is 1. The van der Waals surface area contributed by atoms with Gasteiger partial charge in [-0.1, -0.05) is 0 Å². The van der Waals surface area contributed by atoms with E-state index >= 15 is 0 Å². The minimum atomic E-state index is -0.911. The molecule has 1 fully saturated rings. The normalized spacial score (nSPS) is 19.8. The number of nitrogens with zero attached hydrogens (tertiary/aromatic N) is 2. The summed E-state index contributed by atoms with van der Waals surface area (Å²) in [5.41, 5.74) is 0. The highest BCUT2D eigenvalue weighted by molar-refractivity contribution is 7.84. The lowest BCUT2D eigenvalue weighted by Gasteiger charge is -2.36. The van der Waals surface area contributed by atoms with Gasteiger partial charge in [0.15, 0.2) is 0 Å². The summed E-state index contributed by atoms with van der Waals surface area (Å²) in [4.78, 5) is 26.1. The van der Waals surface area contributed by atoms with E-state index < -0.39 is 22.8 Å². The predicted octanol–water partition coefficient (Wildman–Crippen LogP) is -0.835. The van der Waals surface area contributed by atoms with Gasteiger partial charge in [0, 0.05) is 55.5 Å². The second kappa shape index (κ2) is 7.44. The molecule has 1 heterocycles. The molecule has 2 unspecified atom stereocenters. The smallest absolute Gasteiger partial charge is 0.320 e. The lowest BCUT2D eigenvalue weighted by Crippen LogP contribution is -2.55. The van der Waals surface area contributed by atoms with Gasteiger partial charge in [0.05, 0.1) is 0 Å². The number of urea groups is 1. The van der Waals surface area contributed by atoms with Crippen LogP contribution in [0, 0.1) is 0 Å². The van der Waals surface area contributed by atoms with Crippen LogP contribution in [-0.2, 0) is 15.6 Å². The van der Waals surface area contributed by atoms with E-state index in [0.29, 0.717) is 38.5 Å². The van der Waals surface area contributed by atoms with Gasteiger partial charge in [0.25, 0.3) is 0 Å². The standard InChI is InChI=1S/C11H21N3O4S/c1-9(10(15)16)13-4-6-14(7-5-13)11(17)12-3-8-19(2)18/h9H,3-8H2,1-2H3,(H,12,17)(H,15,16). The van der Waals surface area contributed by atoms with Gasteiger partial charge in [-0.2, -0.15) is 0 Å². The molecule has 1 aliphatic heterocycles. The Morgan fingerprint density at radius 3 is 2.37 bits per heavy atom. The molecule has 0 aliphatic carbocycles. The van der Waals surface area contributed by atoms with Crippen LogP contribution in [0.3, 0.4) is 0 Å². The molecule has 0 spiro atoms. The van der Waals surface area contributed by atoms with E-state index in [1.807, 2.05) is 4.90 Å². The van der Waals surface area contributed by atoms with Crippen molar-refractivity contribution in [3.8, 4) is 0 Å². The maximum atomic E-state index is 11.8.